The van der Waals surface area contributed by atoms with Crippen LogP contribution in [0.15, 0.2) is 0 Å². The van der Waals surface area contributed by atoms with Crippen molar-refractivity contribution in [3.8, 4) is 0 Å². The first-order valence-corrected chi connectivity index (χ1v) is 6.34. The van der Waals surface area contributed by atoms with Gasteiger partial charge in [0.1, 0.15) is 6.29 Å². The predicted octanol–water partition coefficient (Wildman–Crippen LogP) is -0.190. The Morgan fingerprint density at radius 3 is 1.83 bits per heavy atom. The Morgan fingerprint density at radius 2 is 1.44 bits per heavy atom. The summed E-state index contributed by atoms with van der Waals surface area (Å²) < 4.78 is 15.4. The summed E-state index contributed by atoms with van der Waals surface area (Å²) in [5.74, 6) is 0. The maximum Gasteiger partial charge on any atom is 0.122 e. The predicted molar refractivity (Wildman–Crippen MR) is 71.8 cm³/mol. The molecule has 0 radical (unpaired) electrons. The summed E-state index contributed by atoms with van der Waals surface area (Å²) in [6, 6.07) is 0. The molecule has 6 heteroatoms. The number of ether oxygens (including phenoxy) is 3. The molecule has 0 aromatic carbocycles. The molecule has 0 rings (SSSR count). The zero-order valence-corrected chi connectivity index (χ0v) is 11.7. The molecule has 0 amide bonds. The fraction of sp³-hybridized carbons (Fsp3) is 0.917. The zero-order chi connectivity index (χ0) is 13.9. The van der Waals surface area contributed by atoms with Crippen LogP contribution in [0.1, 0.15) is 13.3 Å². The molecular weight excluding hydrogens is 236 g/mol. The third kappa shape index (κ3) is 24.6. The molecule has 0 heterocycles. The lowest BCUT2D eigenvalue weighted by atomic mass is 10.5. The van der Waals surface area contributed by atoms with Crippen LogP contribution in [0.25, 0.3) is 0 Å². The number of hydrogen-bond donors (Lipinski definition) is 2. The molecule has 0 aromatic rings. The Morgan fingerprint density at radius 1 is 1.00 bits per heavy atom. The normalized spacial score (nSPS) is 9.72. The lowest BCUT2D eigenvalue weighted by Gasteiger charge is -2.05. The van der Waals surface area contributed by atoms with Crippen LogP contribution in [0, 0.1) is 0 Å². The standard InChI is InChI=1S/C9H19NO4.C3H9N/c10-2-5-13-7-9-14-8-6-12-4-1-3-11;1-3-4-2/h3H,1-2,4-10H2;4H,3H2,1-2H3. The van der Waals surface area contributed by atoms with E-state index in [-0.39, 0.29) is 0 Å². The minimum Gasteiger partial charge on any atom is -0.379 e. The molecule has 18 heavy (non-hydrogen) atoms. The van der Waals surface area contributed by atoms with Crippen LogP contribution in [0.3, 0.4) is 0 Å². The molecule has 0 aliphatic carbocycles. The van der Waals surface area contributed by atoms with Gasteiger partial charge >= 0.3 is 0 Å². The SMILES string of the molecule is CCNC.NCCOCCOCCOCCC=O. The highest BCUT2D eigenvalue weighted by Crippen LogP contribution is 1.82. The van der Waals surface area contributed by atoms with Crippen LogP contribution in [0.4, 0.5) is 0 Å². The van der Waals surface area contributed by atoms with Gasteiger partial charge in [-0.2, -0.15) is 0 Å². The maximum atomic E-state index is 9.90. The maximum absolute atomic E-state index is 9.90. The number of hydrogen-bond acceptors (Lipinski definition) is 6. The van der Waals surface area contributed by atoms with Crippen LogP contribution in [0.5, 0.6) is 0 Å². The van der Waals surface area contributed by atoms with E-state index in [0.717, 1.165) is 12.8 Å². The van der Waals surface area contributed by atoms with Crippen LogP contribution >= 0.6 is 0 Å². The molecule has 0 saturated heterocycles. The third-order valence-electron chi connectivity index (χ3n) is 1.74. The van der Waals surface area contributed by atoms with Gasteiger partial charge in [-0.15, -0.1) is 0 Å². The second kappa shape index (κ2) is 21.7. The Bertz CT molecular complexity index is 146. The highest BCUT2D eigenvalue weighted by Gasteiger charge is 1.90. The van der Waals surface area contributed by atoms with Crippen molar-refractivity contribution < 1.29 is 19.0 Å². The second-order valence-electron chi connectivity index (χ2n) is 3.29. The lowest BCUT2D eigenvalue weighted by Crippen LogP contribution is -2.13. The highest BCUT2D eigenvalue weighted by molar-refractivity contribution is 5.49. The Hall–Kier alpha value is -0.530. The van der Waals surface area contributed by atoms with Crippen molar-refractivity contribution in [2.24, 2.45) is 5.73 Å². The summed E-state index contributed by atoms with van der Waals surface area (Å²) in [4.78, 5) is 9.90. The fourth-order valence-corrected chi connectivity index (χ4v) is 0.757. The molecule has 0 aliphatic rings. The second-order valence-corrected chi connectivity index (χ2v) is 3.29. The molecule has 0 atom stereocenters. The Balaban J connectivity index is 0. The summed E-state index contributed by atoms with van der Waals surface area (Å²) in [5.41, 5.74) is 5.22. The van der Waals surface area contributed by atoms with Gasteiger partial charge in [0, 0.05) is 13.0 Å². The lowest BCUT2D eigenvalue weighted by molar-refractivity contribution is -0.108. The van der Waals surface area contributed by atoms with Crippen LogP contribution in [0.2, 0.25) is 0 Å². The molecule has 0 unspecified atom stereocenters. The van der Waals surface area contributed by atoms with Crippen LogP contribution in [-0.2, 0) is 19.0 Å². The first-order valence-electron chi connectivity index (χ1n) is 6.34. The molecule has 6 nitrogen and oxygen atoms in total. The van der Waals surface area contributed by atoms with Crippen molar-refractivity contribution >= 4 is 6.29 Å². The smallest absolute Gasteiger partial charge is 0.122 e. The van der Waals surface area contributed by atoms with Gasteiger partial charge in [-0.05, 0) is 13.6 Å². The Kier molecular flexibility index (Phi) is 23.9. The van der Waals surface area contributed by atoms with Crippen LogP contribution in [-0.4, -0.2) is 66.1 Å². The fourth-order valence-electron chi connectivity index (χ4n) is 0.757. The van der Waals surface area contributed by atoms with Gasteiger partial charge < -0.3 is 30.1 Å². The number of aldehydes is 1. The van der Waals surface area contributed by atoms with Crippen molar-refractivity contribution in [1.82, 2.24) is 5.32 Å². The van der Waals surface area contributed by atoms with Gasteiger partial charge in [0.05, 0.1) is 39.6 Å². The average molecular weight is 264 g/mol. The third-order valence-corrected chi connectivity index (χ3v) is 1.74. The summed E-state index contributed by atoms with van der Waals surface area (Å²) in [7, 11) is 1.93. The number of nitrogens with one attached hydrogen (secondary N) is 1. The number of nitrogens with two attached hydrogens (primary N) is 1. The van der Waals surface area contributed by atoms with Crippen LogP contribution < -0.4 is 11.1 Å². The quantitative estimate of drug-likeness (QED) is 0.375. The molecule has 0 fully saturated rings. The van der Waals surface area contributed by atoms with E-state index in [1.165, 1.54) is 0 Å². The van der Waals surface area contributed by atoms with Gasteiger partial charge in [-0.25, -0.2) is 0 Å². The molecule has 110 valence electrons. The molecular formula is C12H28N2O4. The molecule has 0 spiro atoms. The summed E-state index contributed by atoms with van der Waals surface area (Å²) >= 11 is 0. The number of carbonyl (C=O) groups is 1. The van der Waals surface area contributed by atoms with E-state index in [0.29, 0.717) is 52.6 Å². The van der Waals surface area contributed by atoms with E-state index in [1.807, 2.05) is 7.05 Å². The molecule has 0 bridgehead atoms. The average Bonchev–Trinajstić information content (AvgIpc) is 2.41. The molecule has 0 aromatic heterocycles. The highest BCUT2D eigenvalue weighted by atomic mass is 16.5. The Labute approximate surface area is 110 Å². The van der Waals surface area contributed by atoms with Crippen molar-refractivity contribution in [2.45, 2.75) is 13.3 Å². The van der Waals surface area contributed by atoms with Crippen molar-refractivity contribution in [3.63, 3.8) is 0 Å². The molecule has 3 N–H and O–H groups in total. The van der Waals surface area contributed by atoms with E-state index < -0.39 is 0 Å². The van der Waals surface area contributed by atoms with Gasteiger partial charge in [0.25, 0.3) is 0 Å². The van der Waals surface area contributed by atoms with Crippen molar-refractivity contribution in [1.29, 1.82) is 0 Å². The topological polar surface area (TPSA) is 82.8 Å². The first kappa shape index (κ1) is 19.8. The van der Waals surface area contributed by atoms with E-state index in [1.54, 1.807) is 0 Å². The summed E-state index contributed by atoms with van der Waals surface area (Å²) in [6.45, 7) is 6.88. The molecule has 0 aliphatic heterocycles. The minimum atomic E-state index is 0.444. The van der Waals surface area contributed by atoms with E-state index in [2.05, 4.69) is 12.2 Å². The zero-order valence-electron chi connectivity index (χ0n) is 11.7. The van der Waals surface area contributed by atoms with Gasteiger partial charge in [-0.1, -0.05) is 6.92 Å². The monoisotopic (exact) mass is 264 g/mol. The van der Waals surface area contributed by atoms with E-state index in [4.69, 9.17) is 19.9 Å². The van der Waals surface area contributed by atoms with Crippen molar-refractivity contribution in [2.75, 3.05) is 59.8 Å². The van der Waals surface area contributed by atoms with Crippen molar-refractivity contribution in [3.05, 3.63) is 0 Å². The number of rotatable bonds is 12. The van der Waals surface area contributed by atoms with E-state index in [9.17, 15) is 4.79 Å². The largest absolute Gasteiger partial charge is 0.379 e. The van der Waals surface area contributed by atoms with Gasteiger partial charge in [-0.3, -0.25) is 0 Å². The first-order chi connectivity index (χ1) is 8.83. The summed E-state index contributed by atoms with van der Waals surface area (Å²) in [6.07, 6.45) is 1.28. The van der Waals surface area contributed by atoms with E-state index >= 15 is 0 Å². The minimum absolute atomic E-state index is 0.444. The van der Waals surface area contributed by atoms with Gasteiger partial charge in [0.15, 0.2) is 0 Å². The summed E-state index contributed by atoms with van der Waals surface area (Å²) in [5, 5.41) is 2.93. The van der Waals surface area contributed by atoms with Gasteiger partial charge in [0.2, 0.25) is 0 Å². The number of carbonyl (C=O) groups excluding carboxylic acids is 1. The molecule has 0 saturated carbocycles.